The van der Waals surface area contributed by atoms with Crippen LogP contribution in [-0.4, -0.2) is 98.3 Å². The number of amides is 4. The van der Waals surface area contributed by atoms with Gasteiger partial charge in [-0.25, -0.2) is 4.79 Å². The number of nitrogens with one attached hydrogen (secondary N) is 5. The SMILES string of the molecule is COc1ccc(CNC(=O)[C@@H](NC(=O)[C@H](NCc2cc(OC)c(OC)c(OC)c2)[C@H](O)[C@H](Cc2ccccc2)NC(=O)[C@@H](NC(=O)OC(C)(C)C)C(C)(C)C)C(C)C)c(O)c1. The summed E-state index contributed by atoms with van der Waals surface area (Å²) in [6.45, 7) is 13.9. The molecule has 0 fully saturated rings. The molecule has 0 bridgehead atoms. The molecule has 0 heterocycles. The minimum atomic E-state index is -1.62. The van der Waals surface area contributed by atoms with Gasteiger partial charge in [0.05, 0.1) is 40.6 Å². The average molecular weight is 852 g/mol. The number of hydrogen-bond donors (Lipinski definition) is 7. The van der Waals surface area contributed by atoms with Crippen LogP contribution < -0.4 is 45.5 Å². The number of carbonyl (C=O) groups excluding carboxylic acids is 4. The van der Waals surface area contributed by atoms with Crippen molar-refractivity contribution in [2.45, 2.75) is 111 Å². The lowest BCUT2D eigenvalue weighted by Gasteiger charge is -2.35. The Morgan fingerprint density at radius 2 is 1.31 bits per heavy atom. The van der Waals surface area contributed by atoms with Gasteiger partial charge in [-0.1, -0.05) is 65.0 Å². The molecule has 0 aliphatic heterocycles. The zero-order valence-electron chi connectivity index (χ0n) is 37.4. The van der Waals surface area contributed by atoms with Crippen LogP contribution in [0.4, 0.5) is 4.79 Å². The maximum absolute atomic E-state index is 14.6. The fourth-order valence-electron chi connectivity index (χ4n) is 6.45. The van der Waals surface area contributed by atoms with Crippen molar-refractivity contribution in [3.63, 3.8) is 0 Å². The van der Waals surface area contributed by atoms with Crippen LogP contribution in [-0.2, 0) is 38.6 Å². The molecule has 5 atom stereocenters. The van der Waals surface area contributed by atoms with Crippen LogP contribution in [0.1, 0.15) is 72.1 Å². The predicted molar refractivity (Wildman–Crippen MR) is 231 cm³/mol. The lowest BCUT2D eigenvalue weighted by Crippen LogP contribution is -2.64. The number of hydrogen-bond acceptors (Lipinski definition) is 12. The second-order valence-corrected chi connectivity index (χ2v) is 17.1. The molecule has 3 rings (SSSR count). The first-order valence-electron chi connectivity index (χ1n) is 20.1. The molecule has 3 aromatic rings. The molecule has 3 aromatic carbocycles. The monoisotopic (exact) mass is 851 g/mol. The molecule has 0 aromatic heterocycles. The molecule has 336 valence electrons. The number of aliphatic hydroxyl groups excluding tert-OH is 1. The molecule has 16 heteroatoms. The average Bonchev–Trinajstić information content (AvgIpc) is 3.19. The van der Waals surface area contributed by atoms with Gasteiger partial charge in [-0.3, -0.25) is 19.7 Å². The molecule has 7 N–H and O–H groups in total. The van der Waals surface area contributed by atoms with E-state index >= 15 is 0 Å². The summed E-state index contributed by atoms with van der Waals surface area (Å²) < 4.78 is 27.2. The van der Waals surface area contributed by atoms with Crippen molar-refractivity contribution in [1.82, 2.24) is 26.6 Å². The van der Waals surface area contributed by atoms with Crippen LogP contribution in [0.5, 0.6) is 28.7 Å². The zero-order chi connectivity index (χ0) is 45.7. The van der Waals surface area contributed by atoms with Crippen LogP contribution in [0.3, 0.4) is 0 Å². The summed E-state index contributed by atoms with van der Waals surface area (Å²) in [5, 5.41) is 37.2. The summed E-state index contributed by atoms with van der Waals surface area (Å²) in [4.78, 5) is 55.5. The lowest BCUT2D eigenvalue weighted by atomic mass is 9.85. The number of alkyl carbamates (subject to hydrolysis) is 1. The Morgan fingerprint density at radius 1 is 0.689 bits per heavy atom. The van der Waals surface area contributed by atoms with Crippen LogP contribution in [0.15, 0.2) is 60.7 Å². The number of benzene rings is 3. The van der Waals surface area contributed by atoms with Crippen molar-refractivity contribution < 1.29 is 53.1 Å². The van der Waals surface area contributed by atoms with E-state index in [0.29, 0.717) is 34.1 Å². The summed E-state index contributed by atoms with van der Waals surface area (Å²) >= 11 is 0. The molecule has 4 amide bonds. The largest absolute Gasteiger partial charge is 0.507 e. The minimum absolute atomic E-state index is 0.0159. The van der Waals surface area contributed by atoms with Crippen LogP contribution in [0.2, 0.25) is 0 Å². The number of phenolic OH excluding ortho intramolecular Hbond substituents is 1. The number of phenols is 1. The first kappa shape index (κ1) is 49.6. The molecular formula is C45H65N5O11. The summed E-state index contributed by atoms with van der Waals surface area (Å²) in [6.07, 6.45) is -2.35. The number of aromatic hydroxyl groups is 1. The minimum Gasteiger partial charge on any atom is -0.507 e. The van der Waals surface area contributed by atoms with Crippen molar-refractivity contribution in [3.05, 3.63) is 77.4 Å². The summed E-state index contributed by atoms with van der Waals surface area (Å²) in [5.41, 5.74) is 0.115. The van der Waals surface area contributed by atoms with Gasteiger partial charge in [0, 0.05) is 24.7 Å². The third-order valence-electron chi connectivity index (χ3n) is 9.69. The van der Waals surface area contributed by atoms with Gasteiger partial charge in [-0.05, 0) is 73.9 Å². The highest BCUT2D eigenvalue weighted by atomic mass is 16.6. The summed E-state index contributed by atoms with van der Waals surface area (Å²) in [5.74, 6) is -0.880. The van der Waals surface area contributed by atoms with Crippen molar-refractivity contribution in [1.29, 1.82) is 0 Å². The molecule has 0 saturated carbocycles. The third kappa shape index (κ3) is 14.7. The van der Waals surface area contributed by atoms with Gasteiger partial charge in [-0.2, -0.15) is 0 Å². The van der Waals surface area contributed by atoms with Crippen LogP contribution in [0.25, 0.3) is 0 Å². The van der Waals surface area contributed by atoms with Gasteiger partial charge in [0.2, 0.25) is 23.5 Å². The fourth-order valence-corrected chi connectivity index (χ4v) is 6.45. The standard InChI is InChI=1S/C45H65N5O11/c1-26(2)35(40(53)47-25-29-18-19-30(57-9)23-32(29)51)49-41(54)36(46-24-28-21-33(58-10)38(60-12)34(22-28)59-11)37(52)31(20-27-16-14-13-15-17-27)48-42(55)39(44(3,4)5)50-43(56)61-45(6,7)8/h13-19,21-23,26,31,35-37,39,46,51-52H,20,24-25H2,1-12H3,(H,47,53)(H,48,55)(H,49,54)(H,50,56)/t31-,35-,36+,37+,39+/m0/s1. The van der Waals surface area contributed by atoms with Crippen LogP contribution >= 0.6 is 0 Å². The highest BCUT2D eigenvalue weighted by molar-refractivity contribution is 5.91. The van der Waals surface area contributed by atoms with E-state index < -0.39 is 71.0 Å². The van der Waals surface area contributed by atoms with Crippen molar-refractivity contribution in [2.24, 2.45) is 11.3 Å². The second-order valence-electron chi connectivity index (χ2n) is 17.1. The molecule has 0 aliphatic carbocycles. The van der Waals surface area contributed by atoms with Gasteiger partial charge >= 0.3 is 6.09 Å². The number of aliphatic hydroxyl groups is 1. The van der Waals surface area contributed by atoms with Crippen LogP contribution in [0, 0.1) is 11.3 Å². The number of rotatable bonds is 20. The van der Waals surface area contributed by atoms with E-state index in [-0.39, 0.29) is 25.3 Å². The van der Waals surface area contributed by atoms with E-state index in [0.717, 1.165) is 5.56 Å². The van der Waals surface area contributed by atoms with E-state index in [9.17, 15) is 29.4 Å². The maximum Gasteiger partial charge on any atom is 0.408 e. The number of methoxy groups -OCH3 is 4. The van der Waals surface area contributed by atoms with Crippen molar-refractivity contribution >= 4 is 23.8 Å². The Morgan fingerprint density at radius 3 is 1.82 bits per heavy atom. The molecule has 0 unspecified atom stereocenters. The third-order valence-corrected chi connectivity index (χ3v) is 9.69. The maximum atomic E-state index is 14.6. The van der Waals surface area contributed by atoms with Gasteiger partial charge in [0.1, 0.15) is 35.2 Å². The predicted octanol–water partition coefficient (Wildman–Crippen LogP) is 4.37. The zero-order valence-corrected chi connectivity index (χ0v) is 37.4. The molecule has 0 radical (unpaired) electrons. The number of ether oxygens (including phenoxy) is 5. The van der Waals surface area contributed by atoms with Crippen molar-refractivity contribution in [3.8, 4) is 28.7 Å². The fraction of sp³-hybridized carbons (Fsp3) is 0.511. The van der Waals surface area contributed by atoms with E-state index in [1.807, 2.05) is 30.3 Å². The first-order chi connectivity index (χ1) is 28.6. The van der Waals surface area contributed by atoms with E-state index in [2.05, 4.69) is 26.6 Å². The Labute approximate surface area is 359 Å². The second kappa shape index (κ2) is 22.2. The highest BCUT2D eigenvalue weighted by Gasteiger charge is 2.40. The van der Waals surface area contributed by atoms with Crippen molar-refractivity contribution in [2.75, 3.05) is 28.4 Å². The number of carbonyl (C=O) groups is 4. The van der Waals surface area contributed by atoms with E-state index in [1.54, 1.807) is 79.7 Å². The quantitative estimate of drug-likeness (QED) is 0.0845. The van der Waals surface area contributed by atoms with E-state index in [1.165, 1.54) is 34.5 Å². The molecular weight excluding hydrogens is 787 g/mol. The lowest BCUT2D eigenvalue weighted by molar-refractivity contribution is -0.134. The summed E-state index contributed by atoms with van der Waals surface area (Å²) in [7, 11) is 5.90. The normalized spacial score (nSPS) is 14.1. The van der Waals surface area contributed by atoms with Gasteiger partial charge in [0.15, 0.2) is 11.5 Å². The highest BCUT2D eigenvalue weighted by Crippen LogP contribution is 2.38. The Bertz CT molecular complexity index is 1900. The first-order valence-corrected chi connectivity index (χ1v) is 20.1. The molecule has 0 aliphatic rings. The van der Waals surface area contributed by atoms with Gasteiger partial charge < -0.3 is 55.2 Å². The van der Waals surface area contributed by atoms with Gasteiger partial charge in [0.25, 0.3) is 0 Å². The Hall–Kier alpha value is -5.74. The molecule has 16 nitrogen and oxygen atoms in total. The molecule has 0 saturated heterocycles. The topological polar surface area (TPSA) is 215 Å². The molecule has 0 spiro atoms. The van der Waals surface area contributed by atoms with Gasteiger partial charge in [-0.15, -0.1) is 0 Å². The smallest absolute Gasteiger partial charge is 0.408 e. The Kier molecular flexibility index (Phi) is 18.1. The summed E-state index contributed by atoms with van der Waals surface area (Å²) in [6, 6.07) is 12.4. The Balaban J connectivity index is 2.05. The molecule has 61 heavy (non-hydrogen) atoms. The van der Waals surface area contributed by atoms with E-state index in [4.69, 9.17) is 23.7 Å².